The lowest BCUT2D eigenvalue weighted by molar-refractivity contribution is 0.104. The Morgan fingerprint density at radius 2 is 1.57 bits per heavy atom. The van der Waals surface area contributed by atoms with Gasteiger partial charge in [-0.15, -0.1) is 0 Å². The molecule has 0 heterocycles. The van der Waals surface area contributed by atoms with Gasteiger partial charge in [-0.1, -0.05) is 67.6 Å². The highest BCUT2D eigenvalue weighted by Gasteiger charge is 2.37. The van der Waals surface area contributed by atoms with E-state index >= 15 is 0 Å². The van der Waals surface area contributed by atoms with E-state index in [1.807, 2.05) is 30.3 Å². The van der Waals surface area contributed by atoms with Gasteiger partial charge in [0.15, 0.2) is 5.78 Å². The van der Waals surface area contributed by atoms with E-state index in [-0.39, 0.29) is 5.78 Å². The first-order valence-corrected chi connectivity index (χ1v) is 10.9. The second-order valence-corrected chi connectivity index (χ2v) is 11.8. The van der Waals surface area contributed by atoms with Crippen LogP contribution in [0.15, 0.2) is 53.7 Å². The predicted octanol–water partition coefficient (Wildman–Crippen LogP) is 5.22. The van der Waals surface area contributed by atoms with Crippen LogP contribution in [-0.4, -0.2) is 13.9 Å². The third-order valence-corrected chi connectivity index (χ3v) is 6.00. The van der Waals surface area contributed by atoms with Crippen LogP contribution in [0, 0.1) is 0 Å². The molecule has 1 nitrogen and oxygen atoms in total. The third-order valence-electron chi connectivity index (χ3n) is 3.79. The number of carbonyl (C=O) groups is 1. The van der Waals surface area contributed by atoms with Crippen LogP contribution in [0.5, 0.6) is 0 Å². The van der Waals surface area contributed by atoms with E-state index in [2.05, 4.69) is 31.8 Å². The number of hydrogen-bond donors (Lipinski definition) is 0. The average Bonchev–Trinajstić information content (AvgIpc) is 2.73. The zero-order chi connectivity index (χ0) is 15.2. The number of allylic oxidation sites excluding steroid dienone is 1. The van der Waals surface area contributed by atoms with Crippen LogP contribution in [0.25, 0.3) is 5.57 Å². The Hall–Kier alpha value is -1.64. The standard InChI is InChI=1S/C18H17ClOSi/c1-21(2,3)18-16(12-7-5-4-6-8-12)14-10-9-13(19)11-15(14)17(18)20/h4-11H,1-3H3. The van der Waals surface area contributed by atoms with E-state index in [0.717, 1.165) is 27.5 Å². The van der Waals surface area contributed by atoms with Gasteiger partial charge >= 0.3 is 0 Å². The lowest BCUT2D eigenvalue weighted by Gasteiger charge is -2.19. The smallest absolute Gasteiger partial charge is 0.186 e. The first kappa shape index (κ1) is 14.3. The molecule has 3 rings (SSSR count). The fourth-order valence-electron chi connectivity index (χ4n) is 2.93. The van der Waals surface area contributed by atoms with Gasteiger partial charge in [-0.2, -0.15) is 0 Å². The summed E-state index contributed by atoms with van der Waals surface area (Å²) in [5, 5.41) is 1.62. The molecule has 0 fully saturated rings. The topological polar surface area (TPSA) is 17.1 Å². The maximum atomic E-state index is 12.9. The van der Waals surface area contributed by atoms with Crippen LogP contribution in [0.2, 0.25) is 24.7 Å². The summed E-state index contributed by atoms with van der Waals surface area (Å²) in [4.78, 5) is 12.9. The summed E-state index contributed by atoms with van der Waals surface area (Å²) < 4.78 is 0. The number of halogens is 1. The summed E-state index contributed by atoms with van der Waals surface area (Å²) in [7, 11) is -1.76. The first-order valence-electron chi connectivity index (χ1n) is 7.04. The largest absolute Gasteiger partial charge is 0.289 e. The molecule has 3 heteroatoms. The van der Waals surface area contributed by atoms with Crippen molar-refractivity contribution in [3.8, 4) is 0 Å². The van der Waals surface area contributed by atoms with Crippen LogP contribution >= 0.6 is 11.6 Å². The van der Waals surface area contributed by atoms with Crippen molar-refractivity contribution >= 4 is 31.0 Å². The van der Waals surface area contributed by atoms with Gasteiger partial charge in [0.1, 0.15) is 0 Å². The van der Waals surface area contributed by atoms with Crippen molar-refractivity contribution < 1.29 is 4.79 Å². The molecule has 0 spiro atoms. The van der Waals surface area contributed by atoms with Gasteiger partial charge in [0.2, 0.25) is 0 Å². The lowest BCUT2D eigenvalue weighted by Crippen LogP contribution is -2.28. The van der Waals surface area contributed by atoms with Gasteiger partial charge in [0.25, 0.3) is 0 Å². The molecular weight excluding hydrogens is 296 g/mol. The van der Waals surface area contributed by atoms with Crippen molar-refractivity contribution in [3.63, 3.8) is 0 Å². The number of ketones is 1. The van der Waals surface area contributed by atoms with Crippen LogP contribution in [0.3, 0.4) is 0 Å². The van der Waals surface area contributed by atoms with Crippen LogP contribution in [-0.2, 0) is 0 Å². The molecule has 2 aromatic carbocycles. The van der Waals surface area contributed by atoms with E-state index in [1.165, 1.54) is 0 Å². The summed E-state index contributed by atoms with van der Waals surface area (Å²) in [6.07, 6.45) is 0. The normalized spacial score (nSPS) is 14.6. The molecule has 2 aromatic rings. The molecule has 0 bridgehead atoms. The number of fused-ring (bicyclic) bond motifs is 1. The van der Waals surface area contributed by atoms with Gasteiger partial charge in [0.05, 0.1) is 8.07 Å². The maximum Gasteiger partial charge on any atom is 0.186 e. The van der Waals surface area contributed by atoms with Crippen LogP contribution < -0.4 is 0 Å². The van der Waals surface area contributed by atoms with E-state index in [4.69, 9.17) is 11.6 Å². The Kier molecular flexibility index (Phi) is 3.38. The van der Waals surface area contributed by atoms with Crippen LogP contribution in [0.4, 0.5) is 0 Å². The van der Waals surface area contributed by atoms with E-state index in [1.54, 1.807) is 6.07 Å². The minimum atomic E-state index is -1.76. The monoisotopic (exact) mass is 312 g/mol. The van der Waals surface area contributed by atoms with E-state index < -0.39 is 8.07 Å². The Morgan fingerprint density at radius 1 is 0.905 bits per heavy atom. The fraction of sp³-hybridized carbons (Fsp3) is 0.167. The summed E-state index contributed by atoms with van der Waals surface area (Å²) >= 11 is 6.08. The molecule has 1 aliphatic rings. The van der Waals surface area contributed by atoms with Crippen LogP contribution in [0.1, 0.15) is 21.5 Å². The molecule has 0 saturated heterocycles. The van der Waals surface area contributed by atoms with Crippen molar-refractivity contribution in [3.05, 3.63) is 75.4 Å². The second kappa shape index (κ2) is 4.97. The summed E-state index contributed by atoms with van der Waals surface area (Å²) in [5.41, 5.74) is 3.99. The predicted molar refractivity (Wildman–Crippen MR) is 91.6 cm³/mol. The lowest BCUT2D eigenvalue weighted by atomic mass is 9.99. The molecule has 0 aromatic heterocycles. The molecule has 1 aliphatic carbocycles. The van der Waals surface area contributed by atoms with Crippen molar-refractivity contribution in [2.45, 2.75) is 19.6 Å². The van der Waals surface area contributed by atoms with E-state index in [9.17, 15) is 4.79 Å². The highest BCUT2D eigenvalue weighted by atomic mass is 35.5. The number of carbonyl (C=O) groups excluding carboxylic acids is 1. The number of Topliss-reactive ketones (excluding diaryl/α,β-unsaturated/α-hetero) is 1. The molecular formula is C18H17ClOSi. The molecule has 0 saturated carbocycles. The zero-order valence-corrected chi connectivity index (χ0v) is 14.2. The Bertz CT molecular complexity index is 755. The molecule has 0 radical (unpaired) electrons. The quantitative estimate of drug-likeness (QED) is 0.695. The minimum absolute atomic E-state index is 0.158. The molecule has 0 aliphatic heterocycles. The van der Waals surface area contributed by atoms with Gasteiger partial charge in [-0.05, 0) is 34.0 Å². The summed E-state index contributed by atoms with van der Waals surface area (Å²) in [5.74, 6) is 0.158. The highest BCUT2D eigenvalue weighted by molar-refractivity contribution is 6.89. The summed E-state index contributed by atoms with van der Waals surface area (Å²) in [6, 6.07) is 15.8. The minimum Gasteiger partial charge on any atom is -0.289 e. The maximum absolute atomic E-state index is 12.9. The van der Waals surface area contributed by atoms with Gasteiger partial charge in [-0.3, -0.25) is 4.79 Å². The highest BCUT2D eigenvalue weighted by Crippen LogP contribution is 2.41. The Morgan fingerprint density at radius 3 is 2.19 bits per heavy atom. The van der Waals surface area contributed by atoms with Crippen molar-refractivity contribution in [2.24, 2.45) is 0 Å². The third kappa shape index (κ3) is 2.39. The molecule has 0 N–H and O–H groups in total. The molecule has 0 amide bonds. The Balaban J connectivity index is 2.34. The summed E-state index contributed by atoms with van der Waals surface area (Å²) in [6.45, 7) is 6.66. The number of rotatable bonds is 2. The first-order chi connectivity index (χ1) is 9.89. The Labute approximate surface area is 131 Å². The molecule has 106 valence electrons. The zero-order valence-electron chi connectivity index (χ0n) is 12.4. The van der Waals surface area contributed by atoms with Gasteiger partial charge in [0, 0.05) is 10.6 Å². The average molecular weight is 313 g/mol. The van der Waals surface area contributed by atoms with Crippen molar-refractivity contribution in [1.29, 1.82) is 0 Å². The van der Waals surface area contributed by atoms with E-state index in [0.29, 0.717) is 5.02 Å². The fourth-order valence-corrected chi connectivity index (χ4v) is 4.94. The number of benzene rings is 2. The molecule has 0 unspecified atom stereocenters. The SMILES string of the molecule is C[Si](C)(C)C1=C(c2ccccc2)c2ccc(Cl)cc2C1=O. The van der Waals surface area contributed by atoms with Crippen molar-refractivity contribution in [1.82, 2.24) is 0 Å². The second-order valence-electron chi connectivity index (χ2n) is 6.39. The van der Waals surface area contributed by atoms with Gasteiger partial charge < -0.3 is 0 Å². The van der Waals surface area contributed by atoms with Gasteiger partial charge in [-0.25, -0.2) is 0 Å². The van der Waals surface area contributed by atoms with Crippen molar-refractivity contribution in [2.75, 3.05) is 0 Å². The molecule has 21 heavy (non-hydrogen) atoms. The number of hydrogen-bond acceptors (Lipinski definition) is 1. The molecule has 0 atom stereocenters.